The summed E-state index contributed by atoms with van der Waals surface area (Å²) in [6, 6.07) is 8.53. The van der Waals surface area contributed by atoms with E-state index < -0.39 is 0 Å². The third kappa shape index (κ3) is 5.63. The number of aliphatic hydroxyl groups is 1. The number of aliphatic hydroxyl groups excluding tert-OH is 1. The summed E-state index contributed by atoms with van der Waals surface area (Å²) in [5, 5.41) is 12.0. The fourth-order valence-electron chi connectivity index (χ4n) is 3.20. The van der Waals surface area contributed by atoms with Gasteiger partial charge in [-0.2, -0.15) is 0 Å². The Balaban J connectivity index is 1.95. The lowest BCUT2D eigenvalue weighted by Gasteiger charge is -2.24. The van der Waals surface area contributed by atoms with Crippen LogP contribution in [-0.4, -0.2) is 41.7 Å². The van der Waals surface area contributed by atoms with E-state index in [0.717, 1.165) is 31.5 Å². The first-order valence-corrected chi connectivity index (χ1v) is 8.82. The zero-order chi connectivity index (χ0) is 16.7. The van der Waals surface area contributed by atoms with E-state index in [4.69, 9.17) is 5.11 Å². The molecule has 4 heteroatoms. The number of rotatable bonds is 8. The highest BCUT2D eigenvalue weighted by atomic mass is 16.2. The van der Waals surface area contributed by atoms with Crippen LogP contribution in [-0.2, 0) is 6.54 Å². The summed E-state index contributed by atoms with van der Waals surface area (Å²) < 4.78 is 0. The highest BCUT2D eigenvalue weighted by molar-refractivity contribution is 5.94. The van der Waals surface area contributed by atoms with E-state index in [-0.39, 0.29) is 12.5 Å². The van der Waals surface area contributed by atoms with Crippen molar-refractivity contribution in [2.24, 2.45) is 5.92 Å². The van der Waals surface area contributed by atoms with Crippen LogP contribution in [0.5, 0.6) is 0 Å². The molecule has 0 aliphatic carbocycles. The summed E-state index contributed by atoms with van der Waals surface area (Å²) in [6.45, 7) is 7.17. The second-order valence-electron chi connectivity index (χ2n) is 6.94. The monoisotopic (exact) mass is 318 g/mol. The Morgan fingerprint density at radius 3 is 3.00 bits per heavy atom. The zero-order valence-electron chi connectivity index (χ0n) is 14.4. The molecule has 128 valence electrons. The Morgan fingerprint density at radius 1 is 1.43 bits per heavy atom. The Labute approximate surface area is 139 Å². The van der Waals surface area contributed by atoms with E-state index in [2.05, 4.69) is 30.1 Å². The molecule has 2 N–H and O–H groups in total. The minimum atomic E-state index is 0.0128. The largest absolute Gasteiger partial charge is 0.396 e. The third-order valence-electron chi connectivity index (χ3n) is 4.44. The molecule has 23 heavy (non-hydrogen) atoms. The van der Waals surface area contributed by atoms with E-state index in [9.17, 15) is 4.79 Å². The van der Waals surface area contributed by atoms with Crippen LogP contribution in [0.15, 0.2) is 24.3 Å². The fraction of sp³-hybridized carbons (Fsp3) is 0.632. The quantitative estimate of drug-likeness (QED) is 0.775. The lowest BCUT2D eigenvalue weighted by molar-refractivity contribution is 0.0948. The number of hydrogen-bond donors (Lipinski definition) is 2. The molecule has 1 heterocycles. The molecule has 1 saturated heterocycles. The Bertz CT molecular complexity index is 502. The van der Waals surface area contributed by atoms with Crippen molar-refractivity contribution in [2.45, 2.75) is 52.1 Å². The lowest BCUT2D eigenvalue weighted by atomic mass is 10.1. The standard InChI is InChI=1S/C19H30N2O2/c1-15(2)13-20-19(23)17-7-3-6-16(12-17)14-21-10-4-8-18(21)9-5-11-22/h3,6-7,12,15,18,22H,4-5,8-11,13-14H2,1-2H3,(H,20,23). The summed E-state index contributed by atoms with van der Waals surface area (Å²) in [7, 11) is 0. The van der Waals surface area contributed by atoms with Gasteiger partial charge in [-0.15, -0.1) is 0 Å². The summed E-state index contributed by atoms with van der Waals surface area (Å²) in [4.78, 5) is 14.7. The van der Waals surface area contributed by atoms with Crippen molar-refractivity contribution in [1.82, 2.24) is 10.2 Å². The van der Waals surface area contributed by atoms with Crippen LogP contribution in [0.1, 0.15) is 55.5 Å². The van der Waals surface area contributed by atoms with Crippen LogP contribution in [0.2, 0.25) is 0 Å². The molecule has 1 atom stereocenters. The number of nitrogens with zero attached hydrogens (tertiary/aromatic N) is 1. The molecule has 1 aliphatic rings. The van der Waals surface area contributed by atoms with Gasteiger partial charge in [-0.1, -0.05) is 26.0 Å². The molecule has 0 bridgehead atoms. The van der Waals surface area contributed by atoms with Gasteiger partial charge in [0, 0.05) is 31.3 Å². The van der Waals surface area contributed by atoms with E-state index in [1.807, 2.05) is 18.2 Å². The molecule has 1 aromatic carbocycles. The highest BCUT2D eigenvalue weighted by Crippen LogP contribution is 2.23. The van der Waals surface area contributed by atoms with Gasteiger partial charge in [-0.05, 0) is 55.8 Å². The first kappa shape index (κ1) is 18.0. The minimum Gasteiger partial charge on any atom is -0.396 e. The maximum Gasteiger partial charge on any atom is 0.251 e. The maximum absolute atomic E-state index is 12.2. The van der Waals surface area contributed by atoms with Crippen molar-refractivity contribution >= 4 is 5.91 Å². The van der Waals surface area contributed by atoms with Crippen molar-refractivity contribution in [1.29, 1.82) is 0 Å². The number of carbonyl (C=O) groups is 1. The van der Waals surface area contributed by atoms with Gasteiger partial charge < -0.3 is 10.4 Å². The normalized spacial score (nSPS) is 18.5. The molecule has 1 amide bonds. The van der Waals surface area contributed by atoms with Gasteiger partial charge in [0.25, 0.3) is 5.91 Å². The van der Waals surface area contributed by atoms with Crippen LogP contribution in [0.3, 0.4) is 0 Å². The molecule has 0 radical (unpaired) electrons. The Kier molecular flexibility index (Phi) is 7.06. The maximum atomic E-state index is 12.2. The predicted molar refractivity (Wildman–Crippen MR) is 93.4 cm³/mol. The highest BCUT2D eigenvalue weighted by Gasteiger charge is 2.24. The number of likely N-dealkylation sites (tertiary alicyclic amines) is 1. The Hall–Kier alpha value is -1.39. The van der Waals surface area contributed by atoms with E-state index >= 15 is 0 Å². The lowest BCUT2D eigenvalue weighted by Crippen LogP contribution is -2.29. The summed E-state index contributed by atoms with van der Waals surface area (Å²) in [5.41, 5.74) is 1.94. The van der Waals surface area contributed by atoms with Gasteiger partial charge in [-0.3, -0.25) is 9.69 Å². The third-order valence-corrected chi connectivity index (χ3v) is 4.44. The van der Waals surface area contributed by atoms with Gasteiger partial charge in [0.05, 0.1) is 0 Å². The first-order valence-electron chi connectivity index (χ1n) is 8.82. The topological polar surface area (TPSA) is 52.6 Å². The first-order chi connectivity index (χ1) is 11.1. The molecular formula is C19H30N2O2. The Morgan fingerprint density at radius 2 is 2.26 bits per heavy atom. The summed E-state index contributed by atoms with van der Waals surface area (Å²) in [6.07, 6.45) is 4.38. The van der Waals surface area contributed by atoms with Gasteiger partial charge in [0.15, 0.2) is 0 Å². The van der Waals surface area contributed by atoms with Crippen molar-refractivity contribution < 1.29 is 9.90 Å². The fourth-order valence-corrected chi connectivity index (χ4v) is 3.20. The van der Waals surface area contributed by atoms with Gasteiger partial charge in [0.2, 0.25) is 0 Å². The van der Waals surface area contributed by atoms with Crippen molar-refractivity contribution in [3.05, 3.63) is 35.4 Å². The predicted octanol–water partition coefficient (Wildman–Crippen LogP) is 2.81. The number of benzene rings is 1. The van der Waals surface area contributed by atoms with Crippen molar-refractivity contribution in [3.8, 4) is 0 Å². The molecule has 0 spiro atoms. The molecule has 1 unspecified atom stereocenters. The van der Waals surface area contributed by atoms with Gasteiger partial charge in [-0.25, -0.2) is 0 Å². The molecule has 1 fully saturated rings. The molecule has 2 rings (SSSR count). The van der Waals surface area contributed by atoms with Crippen LogP contribution < -0.4 is 5.32 Å². The number of carbonyl (C=O) groups excluding carboxylic acids is 1. The van der Waals surface area contributed by atoms with E-state index in [1.54, 1.807) is 0 Å². The summed E-state index contributed by atoms with van der Waals surface area (Å²) in [5.74, 6) is 0.470. The average Bonchev–Trinajstić information content (AvgIpc) is 2.98. The van der Waals surface area contributed by atoms with Gasteiger partial charge in [0.1, 0.15) is 0 Å². The SMILES string of the molecule is CC(C)CNC(=O)c1cccc(CN2CCCC2CCCO)c1. The molecule has 4 nitrogen and oxygen atoms in total. The van der Waals surface area contributed by atoms with E-state index in [1.165, 1.54) is 18.4 Å². The number of nitrogens with one attached hydrogen (secondary N) is 1. The van der Waals surface area contributed by atoms with Crippen molar-refractivity contribution in [3.63, 3.8) is 0 Å². The van der Waals surface area contributed by atoms with Crippen LogP contribution >= 0.6 is 0 Å². The average molecular weight is 318 g/mol. The zero-order valence-corrected chi connectivity index (χ0v) is 14.4. The van der Waals surface area contributed by atoms with Crippen LogP contribution in [0, 0.1) is 5.92 Å². The van der Waals surface area contributed by atoms with E-state index in [0.29, 0.717) is 18.5 Å². The second-order valence-corrected chi connectivity index (χ2v) is 6.94. The van der Waals surface area contributed by atoms with Crippen LogP contribution in [0.4, 0.5) is 0 Å². The van der Waals surface area contributed by atoms with Gasteiger partial charge >= 0.3 is 0 Å². The molecular weight excluding hydrogens is 288 g/mol. The molecule has 1 aliphatic heterocycles. The molecule has 0 aromatic heterocycles. The van der Waals surface area contributed by atoms with Crippen molar-refractivity contribution in [2.75, 3.05) is 19.7 Å². The second kappa shape index (κ2) is 9.04. The summed E-state index contributed by atoms with van der Waals surface area (Å²) >= 11 is 0. The molecule has 0 saturated carbocycles. The smallest absolute Gasteiger partial charge is 0.251 e. The number of amides is 1. The minimum absolute atomic E-state index is 0.0128. The molecule has 1 aromatic rings. The van der Waals surface area contributed by atoms with Crippen LogP contribution in [0.25, 0.3) is 0 Å². The number of hydrogen-bond acceptors (Lipinski definition) is 3.